The topological polar surface area (TPSA) is 55.8 Å². The van der Waals surface area contributed by atoms with Crippen LogP contribution in [-0.2, 0) is 6.54 Å². The standard InChI is InChI=1S/C20H36N6.HI/c1-4-7-8-11-22-20(21-5-2)24-17-18-9-10-19(23-16-18)26-14-12-25(6-3)13-15-26;/h9-10,16H,4-8,11-15,17H2,1-3H3,(H2,21,22,24);1H. The predicted octanol–water partition coefficient (Wildman–Crippen LogP) is 3.09. The summed E-state index contributed by atoms with van der Waals surface area (Å²) in [7, 11) is 0. The number of hydrogen-bond donors (Lipinski definition) is 2. The quantitative estimate of drug-likeness (QED) is 0.242. The summed E-state index contributed by atoms with van der Waals surface area (Å²) >= 11 is 0. The molecule has 0 bridgehead atoms. The fourth-order valence-corrected chi connectivity index (χ4v) is 3.08. The molecule has 7 heteroatoms. The first-order valence-corrected chi connectivity index (χ1v) is 10.2. The Bertz CT molecular complexity index is 526. The number of guanidine groups is 1. The van der Waals surface area contributed by atoms with E-state index in [9.17, 15) is 0 Å². The first-order chi connectivity index (χ1) is 12.8. The number of aromatic nitrogens is 1. The van der Waals surface area contributed by atoms with E-state index in [1.54, 1.807) is 0 Å². The third-order valence-electron chi connectivity index (χ3n) is 4.79. The van der Waals surface area contributed by atoms with Crippen LogP contribution in [0.2, 0.25) is 0 Å². The molecule has 0 unspecified atom stereocenters. The zero-order valence-electron chi connectivity index (χ0n) is 17.2. The summed E-state index contributed by atoms with van der Waals surface area (Å²) in [6.07, 6.45) is 5.64. The van der Waals surface area contributed by atoms with Gasteiger partial charge in [-0.15, -0.1) is 24.0 Å². The Balaban J connectivity index is 0.00000364. The maximum absolute atomic E-state index is 4.68. The number of piperazine rings is 1. The van der Waals surface area contributed by atoms with Gasteiger partial charge < -0.3 is 20.4 Å². The lowest BCUT2D eigenvalue weighted by Crippen LogP contribution is -2.46. The van der Waals surface area contributed by atoms with E-state index < -0.39 is 0 Å². The molecule has 0 atom stereocenters. The monoisotopic (exact) mass is 488 g/mol. The van der Waals surface area contributed by atoms with Crippen LogP contribution in [0.25, 0.3) is 0 Å². The maximum atomic E-state index is 4.68. The molecule has 0 radical (unpaired) electrons. The summed E-state index contributed by atoms with van der Waals surface area (Å²) in [5.74, 6) is 1.97. The number of nitrogens with zero attached hydrogens (tertiary/aromatic N) is 4. The molecule has 1 aliphatic rings. The Hall–Kier alpha value is -1.09. The van der Waals surface area contributed by atoms with Crippen LogP contribution in [0.4, 0.5) is 5.82 Å². The van der Waals surface area contributed by atoms with Crippen molar-refractivity contribution < 1.29 is 0 Å². The molecule has 6 nitrogen and oxygen atoms in total. The maximum Gasteiger partial charge on any atom is 0.191 e. The van der Waals surface area contributed by atoms with Crippen LogP contribution in [0.1, 0.15) is 45.6 Å². The van der Waals surface area contributed by atoms with E-state index in [0.29, 0.717) is 6.54 Å². The van der Waals surface area contributed by atoms with Crippen molar-refractivity contribution in [1.29, 1.82) is 0 Å². The molecule has 2 heterocycles. The lowest BCUT2D eigenvalue weighted by atomic mass is 10.2. The number of halogens is 1. The summed E-state index contributed by atoms with van der Waals surface area (Å²) in [5.41, 5.74) is 1.15. The second-order valence-electron chi connectivity index (χ2n) is 6.78. The van der Waals surface area contributed by atoms with Crippen molar-refractivity contribution in [2.75, 3.05) is 50.7 Å². The average Bonchev–Trinajstić information content (AvgIpc) is 2.70. The summed E-state index contributed by atoms with van der Waals surface area (Å²) in [6, 6.07) is 4.28. The number of unbranched alkanes of at least 4 members (excludes halogenated alkanes) is 2. The first kappa shape index (κ1) is 23.9. The zero-order chi connectivity index (χ0) is 18.6. The van der Waals surface area contributed by atoms with Gasteiger partial charge >= 0.3 is 0 Å². The molecular formula is C20H37IN6. The molecule has 2 rings (SSSR count). The normalized spacial score (nSPS) is 15.4. The predicted molar refractivity (Wildman–Crippen MR) is 126 cm³/mol. The summed E-state index contributed by atoms with van der Waals surface area (Å²) in [6.45, 7) is 14.6. The number of pyridine rings is 1. The third-order valence-corrected chi connectivity index (χ3v) is 4.79. The van der Waals surface area contributed by atoms with Crippen LogP contribution in [0.3, 0.4) is 0 Å². The Morgan fingerprint density at radius 2 is 1.85 bits per heavy atom. The van der Waals surface area contributed by atoms with Crippen LogP contribution in [0.5, 0.6) is 0 Å². The van der Waals surface area contributed by atoms with E-state index >= 15 is 0 Å². The van der Waals surface area contributed by atoms with Crippen molar-refractivity contribution in [3.63, 3.8) is 0 Å². The van der Waals surface area contributed by atoms with Gasteiger partial charge in [0.15, 0.2) is 5.96 Å². The van der Waals surface area contributed by atoms with Gasteiger partial charge in [0.2, 0.25) is 0 Å². The van der Waals surface area contributed by atoms with Crippen molar-refractivity contribution in [3.8, 4) is 0 Å². The van der Waals surface area contributed by atoms with Crippen molar-refractivity contribution in [2.24, 2.45) is 4.99 Å². The lowest BCUT2D eigenvalue weighted by Gasteiger charge is -2.34. The number of aliphatic imine (C=N–C) groups is 1. The van der Waals surface area contributed by atoms with E-state index in [1.807, 2.05) is 6.20 Å². The molecule has 0 spiro atoms. The van der Waals surface area contributed by atoms with Gasteiger partial charge in [0, 0.05) is 45.5 Å². The van der Waals surface area contributed by atoms with E-state index in [4.69, 9.17) is 0 Å². The van der Waals surface area contributed by atoms with Gasteiger partial charge in [0.1, 0.15) is 5.82 Å². The van der Waals surface area contributed by atoms with Crippen LogP contribution >= 0.6 is 24.0 Å². The Labute approximate surface area is 182 Å². The number of nitrogens with one attached hydrogen (secondary N) is 2. The van der Waals surface area contributed by atoms with E-state index in [0.717, 1.165) is 63.2 Å². The molecule has 1 aromatic heterocycles. The van der Waals surface area contributed by atoms with Crippen LogP contribution in [-0.4, -0.2) is 61.7 Å². The summed E-state index contributed by atoms with van der Waals surface area (Å²) in [4.78, 5) is 14.2. The lowest BCUT2D eigenvalue weighted by molar-refractivity contribution is 0.270. The largest absolute Gasteiger partial charge is 0.357 e. The van der Waals surface area contributed by atoms with Gasteiger partial charge in [-0.3, -0.25) is 0 Å². The zero-order valence-corrected chi connectivity index (χ0v) is 19.5. The second kappa shape index (κ2) is 14.0. The molecule has 1 fully saturated rings. The highest BCUT2D eigenvalue weighted by atomic mass is 127. The van der Waals surface area contributed by atoms with Gasteiger partial charge in [-0.25, -0.2) is 9.98 Å². The minimum Gasteiger partial charge on any atom is -0.357 e. The van der Waals surface area contributed by atoms with E-state index in [1.165, 1.54) is 19.3 Å². The molecule has 1 aromatic rings. The number of hydrogen-bond acceptors (Lipinski definition) is 4. The Morgan fingerprint density at radius 3 is 2.44 bits per heavy atom. The van der Waals surface area contributed by atoms with Crippen LogP contribution < -0.4 is 15.5 Å². The Morgan fingerprint density at radius 1 is 1.07 bits per heavy atom. The minimum absolute atomic E-state index is 0. The van der Waals surface area contributed by atoms with Gasteiger partial charge in [0.25, 0.3) is 0 Å². The minimum atomic E-state index is 0. The molecule has 1 aliphatic heterocycles. The van der Waals surface area contributed by atoms with Crippen molar-refractivity contribution in [1.82, 2.24) is 20.5 Å². The van der Waals surface area contributed by atoms with Crippen molar-refractivity contribution >= 4 is 35.8 Å². The summed E-state index contributed by atoms with van der Waals surface area (Å²) in [5, 5.41) is 6.71. The average molecular weight is 488 g/mol. The highest BCUT2D eigenvalue weighted by molar-refractivity contribution is 14.0. The summed E-state index contributed by atoms with van der Waals surface area (Å²) < 4.78 is 0. The van der Waals surface area contributed by atoms with Gasteiger partial charge in [-0.05, 0) is 31.5 Å². The number of likely N-dealkylation sites (N-methyl/N-ethyl adjacent to an activating group) is 1. The van der Waals surface area contributed by atoms with E-state index in [2.05, 4.69) is 63.3 Å². The number of anilines is 1. The van der Waals surface area contributed by atoms with Gasteiger partial charge in [-0.1, -0.05) is 32.8 Å². The molecule has 154 valence electrons. The van der Waals surface area contributed by atoms with Crippen LogP contribution in [0, 0.1) is 0 Å². The molecule has 0 aromatic carbocycles. The first-order valence-electron chi connectivity index (χ1n) is 10.2. The molecule has 0 aliphatic carbocycles. The molecule has 0 saturated carbocycles. The van der Waals surface area contributed by atoms with Gasteiger partial charge in [0.05, 0.1) is 6.54 Å². The molecule has 2 N–H and O–H groups in total. The van der Waals surface area contributed by atoms with E-state index in [-0.39, 0.29) is 24.0 Å². The third kappa shape index (κ3) is 8.64. The van der Waals surface area contributed by atoms with Gasteiger partial charge in [-0.2, -0.15) is 0 Å². The number of rotatable bonds is 9. The second-order valence-corrected chi connectivity index (χ2v) is 6.78. The van der Waals surface area contributed by atoms with Crippen LogP contribution in [0.15, 0.2) is 23.3 Å². The SMILES string of the molecule is CCCCCNC(=NCc1ccc(N2CCN(CC)CC2)nc1)NCC.I. The molecular weight excluding hydrogens is 451 g/mol. The highest BCUT2D eigenvalue weighted by Crippen LogP contribution is 2.14. The molecule has 1 saturated heterocycles. The van der Waals surface area contributed by atoms with Crippen molar-refractivity contribution in [2.45, 2.75) is 46.6 Å². The molecule has 27 heavy (non-hydrogen) atoms. The Kier molecular flexibility index (Phi) is 12.4. The fourth-order valence-electron chi connectivity index (χ4n) is 3.08. The smallest absolute Gasteiger partial charge is 0.191 e. The fraction of sp³-hybridized carbons (Fsp3) is 0.700. The van der Waals surface area contributed by atoms with Crippen molar-refractivity contribution in [3.05, 3.63) is 23.9 Å². The highest BCUT2D eigenvalue weighted by Gasteiger charge is 2.16. The molecule has 0 amide bonds.